The lowest BCUT2D eigenvalue weighted by Gasteiger charge is -2.15. The molecule has 0 aliphatic carbocycles. The molecule has 0 fully saturated rings. The van der Waals surface area contributed by atoms with Gasteiger partial charge in [-0.3, -0.25) is 4.79 Å². The zero-order valence-electron chi connectivity index (χ0n) is 10.9. The summed E-state index contributed by atoms with van der Waals surface area (Å²) in [6, 6.07) is 13.0. The van der Waals surface area contributed by atoms with Gasteiger partial charge < -0.3 is 11.1 Å². The van der Waals surface area contributed by atoms with Crippen molar-refractivity contribution >= 4 is 43.5 Å². The fourth-order valence-electron chi connectivity index (χ4n) is 1.83. The third kappa shape index (κ3) is 3.41. The SMILES string of the molecule is C[C@@H](NC(=O)c1cccc(N)c1Br)c1ccc(Br)cc1. The molecule has 1 atom stereocenters. The maximum atomic E-state index is 12.3. The van der Waals surface area contributed by atoms with E-state index in [0.29, 0.717) is 15.7 Å². The second-order valence-electron chi connectivity index (χ2n) is 4.46. The number of hydrogen-bond acceptors (Lipinski definition) is 2. The van der Waals surface area contributed by atoms with E-state index in [9.17, 15) is 4.79 Å². The minimum absolute atomic E-state index is 0.0797. The maximum Gasteiger partial charge on any atom is 0.252 e. The lowest BCUT2D eigenvalue weighted by molar-refractivity contribution is 0.0939. The van der Waals surface area contributed by atoms with E-state index in [-0.39, 0.29) is 11.9 Å². The van der Waals surface area contributed by atoms with Gasteiger partial charge in [0.05, 0.1) is 16.1 Å². The van der Waals surface area contributed by atoms with Crippen LogP contribution in [0.15, 0.2) is 51.4 Å². The van der Waals surface area contributed by atoms with Crippen LogP contribution in [0.2, 0.25) is 0 Å². The van der Waals surface area contributed by atoms with Gasteiger partial charge in [0.25, 0.3) is 5.91 Å². The molecule has 2 aromatic rings. The van der Waals surface area contributed by atoms with Gasteiger partial charge in [0.1, 0.15) is 0 Å². The van der Waals surface area contributed by atoms with Crippen LogP contribution in [0, 0.1) is 0 Å². The van der Waals surface area contributed by atoms with Crippen molar-refractivity contribution in [1.82, 2.24) is 5.32 Å². The first-order valence-electron chi connectivity index (χ1n) is 6.09. The van der Waals surface area contributed by atoms with Gasteiger partial charge in [0.15, 0.2) is 0 Å². The zero-order chi connectivity index (χ0) is 14.7. The normalized spacial score (nSPS) is 11.9. The Hall–Kier alpha value is -1.33. The van der Waals surface area contributed by atoms with Crippen molar-refractivity contribution in [2.45, 2.75) is 13.0 Å². The molecule has 0 aliphatic rings. The lowest BCUT2D eigenvalue weighted by Crippen LogP contribution is -2.27. The highest BCUT2D eigenvalue weighted by Crippen LogP contribution is 2.24. The molecule has 0 unspecified atom stereocenters. The van der Waals surface area contributed by atoms with E-state index in [1.165, 1.54) is 0 Å². The molecule has 0 aromatic heterocycles. The maximum absolute atomic E-state index is 12.3. The molecule has 0 bridgehead atoms. The Morgan fingerprint density at radius 3 is 2.45 bits per heavy atom. The molecule has 0 saturated carbocycles. The van der Waals surface area contributed by atoms with Crippen molar-refractivity contribution in [2.24, 2.45) is 0 Å². The average molecular weight is 398 g/mol. The molecule has 0 saturated heterocycles. The summed E-state index contributed by atoms with van der Waals surface area (Å²) < 4.78 is 1.64. The quantitative estimate of drug-likeness (QED) is 0.759. The van der Waals surface area contributed by atoms with Gasteiger partial charge in [0, 0.05) is 10.2 Å². The highest BCUT2D eigenvalue weighted by atomic mass is 79.9. The number of hydrogen-bond donors (Lipinski definition) is 2. The van der Waals surface area contributed by atoms with Gasteiger partial charge in [-0.05, 0) is 52.7 Å². The number of carbonyl (C=O) groups excluding carboxylic acids is 1. The number of benzene rings is 2. The number of amides is 1. The minimum Gasteiger partial charge on any atom is -0.398 e. The van der Waals surface area contributed by atoms with Gasteiger partial charge in [-0.2, -0.15) is 0 Å². The highest BCUT2D eigenvalue weighted by molar-refractivity contribution is 9.11. The van der Waals surface area contributed by atoms with Crippen molar-refractivity contribution in [2.75, 3.05) is 5.73 Å². The highest BCUT2D eigenvalue weighted by Gasteiger charge is 2.15. The van der Waals surface area contributed by atoms with Crippen LogP contribution in [-0.4, -0.2) is 5.91 Å². The number of nitrogens with two attached hydrogens (primary N) is 1. The Labute approximate surface area is 134 Å². The molecule has 3 nitrogen and oxygen atoms in total. The number of nitrogens with one attached hydrogen (secondary N) is 1. The van der Waals surface area contributed by atoms with Crippen LogP contribution in [0.1, 0.15) is 28.9 Å². The average Bonchev–Trinajstić information content (AvgIpc) is 2.42. The smallest absolute Gasteiger partial charge is 0.252 e. The van der Waals surface area contributed by atoms with Crippen LogP contribution in [-0.2, 0) is 0 Å². The van der Waals surface area contributed by atoms with E-state index in [0.717, 1.165) is 10.0 Å². The van der Waals surface area contributed by atoms with E-state index in [4.69, 9.17) is 5.73 Å². The first-order valence-corrected chi connectivity index (χ1v) is 7.68. The molecule has 104 valence electrons. The summed E-state index contributed by atoms with van der Waals surface area (Å²) in [7, 11) is 0. The number of carbonyl (C=O) groups is 1. The first-order chi connectivity index (χ1) is 9.49. The largest absolute Gasteiger partial charge is 0.398 e. The predicted octanol–water partition coefficient (Wildman–Crippen LogP) is 4.28. The van der Waals surface area contributed by atoms with Crippen LogP contribution in [0.25, 0.3) is 0 Å². The Balaban J connectivity index is 2.15. The number of nitrogen functional groups attached to an aromatic ring is 1. The van der Waals surface area contributed by atoms with Gasteiger partial charge in [0.2, 0.25) is 0 Å². The van der Waals surface area contributed by atoms with Crippen LogP contribution >= 0.6 is 31.9 Å². The summed E-state index contributed by atoms with van der Waals surface area (Å²) in [6.07, 6.45) is 0. The number of halogens is 2. The Morgan fingerprint density at radius 2 is 1.80 bits per heavy atom. The van der Waals surface area contributed by atoms with Crippen molar-refractivity contribution in [3.8, 4) is 0 Å². The van der Waals surface area contributed by atoms with Gasteiger partial charge in [-0.15, -0.1) is 0 Å². The first kappa shape index (κ1) is 15.1. The van der Waals surface area contributed by atoms with E-state index in [1.807, 2.05) is 31.2 Å². The molecule has 5 heteroatoms. The summed E-state index contributed by atoms with van der Waals surface area (Å²) in [4.78, 5) is 12.3. The van der Waals surface area contributed by atoms with E-state index in [2.05, 4.69) is 37.2 Å². The fourth-order valence-corrected chi connectivity index (χ4v) is 2.54. The molecule has 0 aliphatic heterocycles. The Bertz CT molecular complexity index is 626. The number of anilines is 1. The summed E-state index contributed by atoms with van der Waals surface area (Å²) in [5, 5.41) is 2.96. The second-order valence-corrected chi connectivity index (χ2v) is 6.16. The number of rotatable bonds is 3. The van der Waals surface area contributed by atoms with Crippen LogP contribution in [0.5, 0.6) is 0 Å². The van der Waals surface area contributed by atoms with Gasteiger partial charge in [-0.25, -0.2) is 0 Å². The van der Waals surface area contributed by atoms with Crippen LogP contribution < -0.4 is 11.1 Å². The molecule has 3 N–H and O–H groups in total. The summed E-state index contributed by atoms with van der Waals surface area (Å²) in [5.74, 6) is -0.153. The van der Waals surface area contributed by atoms with E-state index < -0.39 is 0 Å². The molecule has 2 aromatic carbocycles. The van der Waals surface area contributed by atoms with Crippen LogP contribution in [0.4, 0.5) is 5.69 Å². The summed E-state index contributed by atoms with van der Waals surface area (Å²) in [5.41, 5.74) is 7.91. The minimum atomic E-state index is -0.153. The summed E-state index contributed by atoms with van der Waals surface area (Å²) >= 11 is 6.74. The van der Waals surface area contributed by atoms with Crippen LogP contribution in [0.3, 0.4) is 0 Å². The Morgan fingerprint density at radius 1 is 1.15 bits per heavy atom. The molecule has 1 amide bonds. The molecule has 2 rings (SSSR count). The Kier molecular flexibility index (Phi) is 4.83. The fraction of sp³-hybridized carbons (Fsp3) is 0.133. The van der Waals surface area contributed by atoms with Crippen molar-refractivity contribution in [3.63, 3.8) is 0 Å². The van der Waals surface area contributed by atoms with E-state index in [1.54, 1.807) is 18.2 Å². The van der Waals surface area contributed by atoms with Crippen molar-refractivity contribution in [1.29, 1.82) is 0 Å². The third-order valence-electron chi connectivity index (χ3n) is 2.99. The third-order valence-corrected chi connectivity index (χ3v) is 4.40. The molecule has 0 radical (unpaired) electrons. The zero-order valence-corrected chi connectivity index (χ0v) is 14.0. The topological polar surface area (TPSA) is 55.1 Å². The predicted molar refractivity (Wildman–Crippen MR) is 88.6 cm³/mol. The van der Waals surface area contributed by atoms with Crippen molar-refractivity contribution < 1.29 is 4.79 Å². The second kappa shape index (κ2) is 6.41. The monoisotopic (exact) mass is 396 g/mol. The lowest BCUT2D eigenvalue weighted by atomic mass is 10.1. The molecule has 0 heterocycles. The van der Waals surface area contributed by atoms with Gasteiger partial charge in [-0.1, -0.05) is 34.1 Å². The van der Waals surface area contributed by atoms with Crippen molar-refractivity contribution in [3.05, 3.63) is 62.5 Å². The van der Waals surface area contributed by atoms with Gasteiger partial charge >= 0.3 is 0 Å². The summed E-state index contributed by atoms with van der Waals surface area (Å²) in [6.45, 7) is 1.95. The molecular weight excluding hydrogens is 384 g/mol. The standard InChI is InChI=1S/C15H14Br2N2O/c1-9(10-5-7-11(16)8-6-10)19-15(20)12-3-2-4-13(18)14(12)17/h2-9H,18H2,1H3,(H,19,20)/t9-/m1/s1. The molecular formula is C15H14Br2N2O. The van der Waals surface area contributed by atoms with E-state index >= 15 is 0 Å². The molecule has 0 spiro atoms. The molecule has 20 heavy (non-hydrogen) atoms.